The van der Waals surface area contributed by atoms with Gasteiger partial charge in [-0.15, -0.1) is 11.3 Å². The molecule has 3 rings (SSSR count). The minimum atomic E-state index is -1.09. The van der Waals surface area contributed by atoms with Gasteiger partial charge in [0.15, 0.2) is 6.10 Å². The lowest BCUT2D eigenvalue weighted by molar-refractivity contribution is -0.147. The van der Waals surface area contributed by atoms with Gasteiger partial charge in [-0.1, -0.05) is 48.0 Å². The molecule has 0 saturated heterocycles. The molecule has 1 atom stereocenters. The Morgan fingerprint density at radius 2 is 1.90 bits per heavy atom. The van der Waals surface area contributed by atoms with Crippen molar-refractivity contribution < 1.29 is 18.7 Å². The van der Waals surface area contributed by atoms with Crippen LogP contribution in [-0.4, -0.2) is 18.0 Å². The Balaban J connectivity index is 1.78. The van der Waals surface area contributed by atoms with Gasteiger partial charge in [0.05, 0.1) is 11.3 Å². The zero-order valence-corrected chi connectivity index (χ0v) is 16.8. The van der Waals surface area contributed by atoms with Gasteiger partial charge in [-0.2, -0.15) is 0 Å². The Morgan fingerprint density at radius 1 is 1.10 bits per heavy atom. The van der Waals surface area contributed by atoms with Crippen LogP contribution in [0.3, 0.4) is 0 Å². The molecule has 0 unspecified atom stereocenters. The first-order chi connectivity index (χ1) is 13.9. The van der Waals surface area contributed by atoms with Gasteiger partial charge in [0, 0.05) is 4.88 Å². The van der Waals surface area contributed by atoms with Crippen LogP contribution in [0.1, 0.15) is 22.9 Å². The molecular formula is C23H20FNO3S. The number of carbonyl (C=O) groups excluding carboxylic acids is 2. The van der Waals surface area contributed by atoms with Crippen LogP contribution < -0.4 is 5.32 Å². The number of amides is 1. The highest BCUT2D eigenvalue weighted by Gasteiger charge is 2.22. The standard InChI is InChI=1S/C23H20FNO3S/c1-15-7-5-8-17(13-15)14-18(21-11-6-12-29-21)23(27)28-16(2)22(26)25-20-10-4-3-9-19(20)24/h3-14,16H,1-2H3,(H,25,26)/b18-14+/t16-/m0/s1. The quantitative estimate of drug-likeness (QED) is 0.444. The van der Waals surface area contributed by atoms with Gasteiger partial charge in [-0.05, 0) is 49.1 Å². The van der Waals surface area contributed by atoms with E-state index in [0.29, 0.717) is 5.57 Å². The minimum Gasteiger partial charge on any atom is -0.449 e. The molecule has 0 aliphatic rings. The van der Waals surface area contributed by atoms with Crippen LogP contribution in [0.5, 0.6) is 0 Å². The molecule has 0 bridgehead atoms. The van der Waals surface area contributed by atoms with Crippen molar-refractivity contribution in [3.05, 3.63) is 87.9 Å². The lowest BCUT2D eigenvalue weighted by Gasteiger charge is -2.15. The van der Waals surface area contributed by atoms with Crippen molar-refractivity contribution in [2.75, 3.05) is 5.32 Å². The summed E-state index contributed by atoms with van der Waals surface area (Å²) in [6, 6.07) is 17.2. The van der Waals surface area contributed by atoms with Crippen LogP contribution in [0.4, 0.5) is 10.1 Å². The number of carbonyl (C=O) groups is 2. The van der Waals surface area contributed by atoms with Gasteiger partial charge in [0.1, 0.15) is 5.82 Å². The van der Waals surface area contributed by atoms with Crippen LogP contribution in [0.15, 0.2) is 66.0 Å². The van der Waals surface area contributed by atoms with Gasteiger partial charge >= 0.3 is 5.97 Å². The minimum absolute atomic E-state index is 0.0363. The number of nitrogens with one attached hydrogen (secondary N) is 1. The number of hydrogen-bond acceptors (Lipinski definition) is 4. The molecule has 1 aromatic heterocycles. The highest BCUT2D eigenvalue weighted by molar-refractivity contribution is 7.11. The summed E-state index contributed by atoms with van der Waals surface area (Å²) in [7, 11) is 0. The Bertz CT molecular complexity index is 1040. The molecule has 0 aliphatic heterocycles. The number of benzene rings is 2. The second kappa shape index (κ2) is 9.30. The van der Waals surface area contributed by atoms with E-state index in [0.717, 1.165) is 16.0 Å². The molecule has 1 N–H and O–H groups in total. The number of halogens is 1. The molecule has 4 nitrogen and oxygen atoms in total. The van der Waals surface area contributed by atoms with Gasteiger partial charge in [-0.3, -0.25) is 4.79 Å². The van der Waals surface area contributed by atoms with E-state index < -0.39 is 23.8 Å². The number of para-hydroxylation sites is 1. The summed E-state index contributed by atoms with van der Waals surface area (Å²) in [5.74, 6) is -1.78. The summed E-state index contributed by atoms with van der Waals surface area (Å²) < 4.78 is 19.1. The molecule has 2 aromatic carbocycles. The van der Waals surface area contributed by atoms with Gasteiger partial charge in [-0.25, -0.2) is 9.18 Å². The molecule has 3 aromatic rings. The summed E-state index contributed by atoms with van der Waals surface area (Å²) in [6.45, 7) is 3.42. The molecule has 29 heavy (non-hydrogen) atoms. The molecule has 0 radical (unpaired) electrons. The zero-order valence-electron chi connectivity index (χ0n) is 16.0. The van der Waals surface area contributed by atoms with Crippen molar-refractivity contribution in [1.82, 2.24) is 0 Å². The lowest BCUT2D eigenvalue weighted by atomic mass is 10.1. The highest BCUT2D eigenvalue weighted by atomic mass is 32.1. The van der Waals surface area contributed by atoms with Crippen molar-refractivity contribution in [2.24, 2.45) is 0 Å². The fraction of sp³-hybridized carbons (Fsp3) is 0.130. The van der Waals surface area contributed by atoms with E-state index in [1.165, 1.54) is 36.5 Å². The molecule has 0 spiro atoms. The van der Waals surface area contributed by atoms with Crippen molar-refractivity contribution in [3.63, 3.8) is 0 Å². The van der Waals surface area contributed by atoms with Crippen molar-refractivity contribution >= 4 is 40.5 Å². The summed E-state index contributed by atoms with van der Waals surface area (Å²) in [5, 5.41) is 4.30. The van der Waals surface area contributed by atoms with E-state index in [2.05, 4.69) is 5.32 Å². The number of thiophene rings is 1. The highest BCUT2D eigenvalue weighted by Crippen LogP contribution is 2.25. The molecule has 148 valence electrons. The number of hydrogen-bond donors (Lipinski definition) is 1. The van der Waals surface area contributed by atoms with Gasteiger partial charge in [0.2, 0.25) is 0 Å². The van der Waals surface area contributed by atoms with E-state index >= 15 is 0 Å². The molecule has 1 heterocycles. The van der Waals surface area contributed by atoms with E-state index in [9.17, 15) is 14.0 Å². The maximum Gasteiger partial charge on any atom is 0.340 e. The number of ether oxygens (including phenoxy) is 1. The molecule has 0 aliphatic carbocycles. The van der Waals surface area contributed by atoms with Crippen LogP contribution in [0, 0.1) is 12.7 Å². The maximum absolute atomic E-state index is 13.7. The smallest absolute Gasteiger partial charge is 0.340 e. The molecule has 0 saturated carbocycles. The first-order valence-corrected chi connectivity index (χ1v) is 9.90. The summed E-state index contributed by atoms with van der Waals surface area (Å²) in [4.78, 5) is 25.9. The third-order valence-corrected chi connectivity index (χ3v) is 5.05. The van der Waals surface area contributed by atoms with Crippen LogP contribution in [0.25, 0.3) is 11.6 Å². The Kier molecular flexibility index (Phi) is 6.57. The number of aryl methyl sites for hydroxylation is 1. The monoisotopic (exact) mass is 409 g/mol. The maximum atomic E-state index is 13.7. The average Bonchev–Trinajstić information content (AvgIpc) is 3.22. The predicted octanol–water partition coefficient (Wildman–Crippen LogP) is 5.31. The fourth-order valence-corrected chi connectivity index (χ4v) is 3.39. The number of esters is 1. The first kappa shape index (κ1) is 20.5. The van der Waals surface area contributed by atoms with E-state index in [1.807, 2.05) is 48.7 Å². The molecule has 6 heteroatoms. The number of rotatable bonds is 6. The van der Waals surface area contributed by atoms with Crippen LogP contribution in [0.2, 0.25) is 0 Å². The van der Waals surface area contributed by atoms with E-state index in [4.69, 9.17) is 4.74 Å². The van der Waals surface area contributed by atoms with Crippen molar-refractivity contribution in [2.45, 2.75) is 20.0 Å². The lowest BCUT2D eigenvalue weighted by Crippen LogP contribution is -2.30. The third-order valence-electron chi connectivity index (χ3n) is 4.14. The number of anilines is 1. The summed E-state index contributed by atoms with van der Waals surface area (Å²) >= 11 is 1.40. The Hall–Kier alpha value is -3.25. The first-order valence-electron chi connectivity index (χ1n) is 9.02. The average molecular weight is 409 g/mol. The normalized spacial score (nSPS) is 12.3. The van der Waals surface area contributed by atoms with Crippen molar-refractivity contribution in [3.8, 4) is 0 Å². The summed E-state index contributed by atoms with van der Waals surface area (Å²) in [5.41, 5.74) is 2.31. The third kappa shape index (κ3) is 5.39. The molecule has 1 amide bonds. The predicted molar refractivity (Wildman–Crippen MR) is 114 cm³/mol. The van der Waals surface area contributed by atoms with Gasteiger partial charge in [0.25, 0.3) is 5.91 Å². The largest absolute Gasteiger partial charge is 0.449 e. The Labute approximate surface area is 172 Å². The fourth-order valence-electron chi connectivity index (χ4n) is 2.66. The topological polar surface area (TPSA) is 55.4 Å². The second-order valence-corrected chi connectivity index (χ2v) is 7.41. The van der Waals surface area contributed by atoms with E-state index in [1.54, 1.807) is 12.1 Å². The second-order valence-electron chi connectivity index (χ2n) is 6.47. The molecular weight excluding hydrogens is 389 g/mol. The van der Waals surface area contributed by atoms with Gasteiger partial charge < -0.3 is 10.1 Å². The summed E-state index contributed by atoms with van der Waals surface area (Å²) in [6.07, 6.45) is 0.644. The van der Waals surface area contributed by atoms with E-state index in [-0.39, 0.29) is 5.69 Å². The zero-order chi connectivity index (χ0) is 20.8. The SMILES string of the molecule is Cc1cccc(/C=C(/C(=O)O[C@@H](C)C(=O)Nc2ccccc2F)c2cccs2)c1. The van der Waals surface area contributed by atoms with Crippen LogP contribution in [-0.2, 0) is 14.3 Å². The van der Waals surface area contributed by atoms with Crippen LogP contribution >= 0.6 is 11.3 Å². The van der Waals surface area contributed by atoms with Crippen molar-refractivity contribution in [1.29, 1.82) is 0 Å². The molecule has 0 fully saturated rings. The Morgan fingerprint density at radius 3 is 2.59 bits per heavy atom.